The van der Waals surface area contributed by atoms with E-state index in [1.165, 1.54) is 76.7 Å². The molecule has 2 rings (SSSR count). The maximum Gasteiger partial charge on any atom is 0.275 e. The molecule has 1 aliphatic rings. The highest BCUT2D eigenvalue weighted by Gasteiger charge is 2.30. The molecule has 0 spiro atoms. The lowest BCUT2D eigenvalue weighted by Gasteiger charge is -2.09. The molecule has 0 saturated carbocycles. The largest absolute Gasteiger partial charge is 0.346 e. The number of hydrogen-bond acceptors (Lipinski definition) is 4. The van der Waals surface area contributed by atoms with Gasteiger partial charge in [-0.15, -0.1) is 0 Å². The first kappa shape index (κ1) is 23.6. The number of para-hydroxylation sites is 1. The van der Waals surface area contributed by atoms with Crippen LogP contribution < -0.4 is 0 Å². The van der Waals surface area contributed by atoms with Crippen molar-refractivity contribution in [1.29, 1.82) is 0 Å². The highest BCUT2D eigenvalue weighted by Crippen LogP contribution is 2.32. The molecule has 0 N–H and O–H groups in total. The van der Waals surface area contributed by atoms with Crippen molar-refractivity contribution in [3.63, 3.8) is 0 Å². The predicted octanol–water partition coefficient (Wildman–Crippen LogP) is 7.27. The SMILES string of the molecule is CCCCCCCCCCCCCC=CC1OCC(c2ccccc2[N+](=O)[O-])O1. The molecule has 0 aliphatic carbocycles. The Kier molecular flexibility index (Phi) is 11.6. The van der Waals surface area contributed by atoms with Crippen molar-refractivity contribution in [1.82, 2.24) is 0 Å². The molecule has 1 aliphatic heterocycles. The van der Waals surface area contributed by atoms with E-state index in [9.17, 15) is 10.1 Å². The number of rotatable bonds is 15. The smallest absolute Gasteiger partial charge is 0.275 e. The van der Waals surface area contributed by atoms with Crippen LogP contribution in [-0.2, 0) is 9.47 Å². The Morgan fingerprint density at radius 3 is 2.28 bits per heavy atom. The van der Waals surface area contributed by atoms with Crippen molar-refractivity contribution in [2.45, 2.75) is 96.4 Å². The quantitative estimate of drug-likeness (QED) is 0.134. The Morgan fingerprint density at radius 2 is 1.62 bits per heavy atom. The summed E-state index contributed by atoms with van der Waals surface area (Å²) in [5, 5.41) is 11.2. The number of allylic oxidation sites excluding steroid dienone is 1. The summed E-state index contributed by atoms with van der Waals surface area (Å²) in [7, 11) is 0. The fourth-order valence-corrected chi connectivity index (χ4v) is 3.75. The first-order valence-corrected chi connectivity index (χ1v) is 11.4. The molecule has 5 nitrogen and oxygen atoms in total. The molecule has 2 atom stereocenters. The monoisotopic (exact) mass is 403 g/mol. The second kappa shape index (κ2) is 14.3. The molecule has 0 aromatic heterocycles. The standard InChI is InChI=1S/C24H37NO4/c1-2-3-4-5-6-7-8-9-10-11-12-13-14-19-24-28-20-23(29-24)21-17-15-16-18-22(21)25(26)27/h14-19,23-24H,2-13,20H2,1H3. The lowest BCUT2D eigenvalue weighted by atomic mass is 10.1. The van der Waals surface area contributed by atoms with Gasteiger partial charge in [0.2, 0.25) is 0 Å². The van der Waals surface area contributed by atoms with Crippen LogP contribution >= 0.6 is 0 Å². The van der Waals surface area contributed by atoms with Gasteiger partial charge in [-0.1, -0.05) is 89.3 Å². The van der Waals surface area contributed by atoms with Crippen LogP contribution in [0.5, 0.6) is 0 Å². The summed E-state index contributed by atoms with van der Waals surface area (Å²) < 4.78 is 11.5. The Morgan fingerprint density at radius 1 is 1.00 bits per heavy atom. The van der Waals surface area contributed by atoms with Crippen LogP contribution in [0.2, 0.25) is 0 Å². The molecule has 1 aromatic carbocycles. The van der Waals surface area contributed by atoms with Gasteiger partial charge in [0.15, 0.2) is 6.29 Å². The van der Waals surface area contributed by atoms with Crippen molar-refractivity contribution in [3.05, 3.63) is 52.1 Å². The maximum atomic E-state index is 11.2. The number of nitrogens with zero attached hydrogens (tertiary/aromatic N) is 1. The minimum Gasteiger partial charge on any atom is -0.346 e. The Balaban J connectivity index is 1.52. The van der Waals surface area contributed by atoms with E-state index >= 15 is 0 Å². The fourth-order valence-electron chi connectivity index (χ4n) is 3.75. The number of ether oxygens (including phenoxy) is 2. The van der Waals surface area contributed by atoms with E-state index < -0.39 is 6.29 Å². The number of unbranched alkanes of at least 4 members (excludes halogenated alkanes) is 11. The number of benzene rings is 1. The first-order valence-electron chi connectivity index (χ1n) is 11.4. The van der Waals surface area contributed by atoms with Crippen LogP contribution in [-0.4, -0.2) is 17.8 Å². The number of hydrogen-bond donors (Lipinski definition) is 0. The average molecular weight is 404 g/mol. The van der Waals surface area contributed by atoms with Crippen LogP contribution in [0.4, 0.5) is 5.69 Å². The van der Waals surface area contributed by atoms with E-state index in [2.05, 4.69) is 13.0 Å². The van der Waals surface area contributed by atoms with Crippen LogP contribution in [0.1, 0.15) is 95.6 Å². The van der Waals surface area contributed by atoms with E-state index in [1.807, 2.05) is 6.08 Å². The van der Waals surface area contributed by atoms with Crippen LogP contribution in [0.25, 0.3) is 0 Å². The summed E-state index contributed by atoms with van der Waals surface area (Å²) in [5.74, 6) is 0. The predicted molar refractivity (Wildman–Crippen MR) is 117 cm³/mol. The summed E-state index contributed by atoms with van der Waals surface area (Å²) >= 11 is 0. The lowest BCUT2D eigenvalue weighted by molar-refractivity contribution is -0.386. The van der Waals surface area contributed by atoms with Gasteiger partial charge in [-0.2, -0.15) is 0 Å². The normalized spacial score (nSPS) is 19.2. The van der Waals surface area contributed by atoms with E-state index in [0.717, 1.165) is 6.42 Å². The lowest BCUT2D eigenvalue weighted by Crippen LogP contribution is -2.06. The number of nitro benzene ring substituents is 1. The molecule has 0 amide bonds. The summed E-state index contributed by atoms with van der Waals surface area (Å²) in [6, 6.07) is 6.71. The Hall–Kier alpha value is -1.72. The van der Waals surface area contributed by atoms with Crippen molar-refractivity contribution < 1.29 is 14.4 Å². The fraction of sp³-hybridized carbons (Fsp3) is 0.667. The molecule has 5 heteroatoms. The molecule has 0 bridgehead atoms. The molecule has 2 unspecified atom stereocenters. The summed E-state index contributed by atoms with van der Waals surface area (Å²) in [6.45, 7) is 2.61. The molecular weight excluding hydrogens is 366 g/mol. The Labute approximate surface area is 175 Å². The van der Waals surface area contributed by atoms with Crippen molar-refractivity contribution >= 4 is 5.69 Å². The van der Waals surface area contributed by atoms with E-state index in [0.29, 0.717) is 12.2 Å². The minimum absolute atomic E-state index is 0.0895. The van der Waals surface area contributed by atoms with E-state index in [4.69, 9.17) is 9.47 Å². The summed E-state index contributed by atoms with van der Waals surface area (Å²) in [5.41, 5.74) is 0.672. The molecule has 1 heterocycles. The molecular formula is C24H37NO4. The van der Waals surface area contributed by atoms with Gasteiger partial charge in [-0.3, -0.25) is 10.1 Å². The zero-order chi connectivity index (χ0) is 20.7. The average Bonchev–Trinajstić information content (AvgIpc) is 3.20. The molecule has 1 saturated heterocycles. The third-order valence-corrected chi connectivity index (χ3v) is 5.46. The third-order valence-electron chi connectivity index (χ3n) is 5.46. The summed E-state index contributed by atoms with van der Waals surface area (Å²) in [6.07, 6.45) is 19.1. The van der Waals surface area contributed by atoms with Gasteiger partial charge in [-0.05, 0) is 25.0 Å². The first-order chi connectivity index (χ1) is 14.2. The second-order valence-electron chi connectivity index (χ2n) is 7.89. The van der Waals surface area contributed by atoms with Gasteiger partial charge >= 0.3 is 0 Å². The molecule has 162 valence electrons. The topological polar surface area (TPSA) is 61.6 Å². The zero-order valence-corrected chi connectivity index (χ0v) is 17.9. The van der Waals surface area contributed by atoms with E-state index in [-0.39, 0.29) is 16.7 Å². The molecule has 0 radical (unpaired) electrons. The highest BCUT2D eigenvalue weighted by atomic mass is 16.7. The Bertz CT molecular complexity index is 617. The maximum absolute atomic E-state index is 11.2. The summed E-state index contributed by atoms with van der Waals surface area (Å²) in [4.78, 5) is 10.8. The molecule has 1 aromatic rings. The zero-order valence-electron chi connectivity index (χ0n) is 17.9. The highest BCUT2D eigenvalue weighted by molar-refractivity contribution is 5.41. The third kappa shape index (κ3) is 9.09. The van der Waals surface area contributed by atoms with Gasteiger partial charge in [0.1, 0.15) is 6.10 Å². The van der Waals surface area contributed by atoms with Gasteiger partial charge in [0.05, 0.1) is 17.1 Å². The van der Waals surface area contributed by atoms with Crippen molar-refractivity contribution in [2.24, 2.45) is 0 Å². The van der Waals surface area contributed by atoms with Gasteiger partial charge in [0.25, 0.3) is 5.69 Å². The minimum atomic E-state index is -0.410. The number of nitro groups is 1. The van der Waals surface area contributed by atoms with Gasteiger partial charge in [0, 0.05) is 6.07 Å². The molecule has 1 fully saturated rings. The van der Waals surface area contributed by atoms with E-state index in [1.54, 1.807) is 18.2 Å². The molecule has 29 heavy (non-hydrogen) atoms. The van der Waals surface area contributed by atoms with Crippen LogP contribution in [0.3, 0.4) is 0 Å². The second-order valence-corrected chi connectivity index (χ2v) is 7.89. The van der Waals surface area contributed by atoms with Gasteiger partial charge < -0.3 is 9.47 Å². The van der Waals surface area contributed by atoms with Crippen molar-refractivity contribution in [3.8, 4) is 0 Å². The van der Waals surface area contributed by atoms with Gasteiger partial charge in [-0.25, -0.2) is 0 Å². The van der Waals surface area contributed by atoms with Crippen LogP contribution in [0, 0.1) is 10.1 Å². The van der Waals surface area contributed by atoms with Crippen LogP contribution in [0.15, 0.2) is 36.4 Å². The van der Waals surface area contributed by atoms with Crippen molar-refractivity contribution in [2.75, 3.05) is 6.61 Å².